The van der Waals surface area contributed by atoms with Gasteiger partial charge in [-0.3, -0.25) is 9.48 Å². The van der Waals surface area contributed by atoms with Gasteiger partial charge in [0, 0.05) is 61.0 Å². The van der Waals surface area contributed by atoms with Crippen LogP contribution in [-0.2, 0) is 12.8 Å². The van der Waals surface area contributed by atoms with Crippen LogP contribution in [0.15, 0.2) is 61.1 Å². The summed E-state index contributed by atoms with van der Waals surface area (Å²) in [6, 6.07) is 13.0. The Morgan fingerprint density at radius 2 is 1.93 bits per heavy atom. The van der Waals surface area contributed by atoms with Gasteiger partial charge in [0.15, 0.2) is 0 Å². The van der Waals surface area contributed by atoms with E-state index in [1.807, 2.05) is 35.1 Å². The van der Waals surface area contributed by atoms with Crippen molar-refractivity contribution >= 4 is 29.5 Å². The zero-order valence-electron chi connectivity index (χ0n) is 23.0. The molecule has 4 aromatic rings. The van der Waals surface area contributed by atoms with Gasteiger partial charge in [-0.05, 0) is 61.1 Å². The number of para-hydroxylation sites is 1. The van der Waals surface area contributed by atoms with E-state index >= 15 is 0 Å². The number of carbonyl (C=O) groups excluding carboxylic acids is 1. The first-order valence-electron chi connectivity index (χ1n) is 14.0. The number of carbonyl (C=O) groups is 2. The van der Waals surface area contributed by atoms with Crippen LogP contribution in [0.3, 0.4) is 0 Å². The van der Waals surface area contributed by atoms with Crippen molar-refractivity contribution in [2.75, 3.05) is 36.8 Å². The van der Waals surface area contributed by atoms with Gasteiger partial charge in [0.2, 0.25) is 5.95 Å². The van der Waals surface area contributed by atoms with Crippen LogP contribution in [0.2, 0.25) is 0 Å². The summed E-state index contributed by atoms with van der Waals surface area (Å²) in [5, 5.41) is 33.6. The van der Waals surface area contributed by atoms with Crippen LogP contribution in [0.1, 0.15) is 40.4 Å². The Morgan fingerprint density at radius 1 is 1.10 bits per heavy atom. The molecule has 12 heteroatoms. The maximum atomic E-state index is 12.1. The van der Waals surface area contributed by atoms with Crippen LogP contribution in [-0.4, -0.2) is 73.0 Å². The number of carboxylic acid groups (broad SMARTS) is 1. The number of benzene rings is 2. The summed E-state index contributed by atoms with van der Waals surface area (Å²) in [6.07, 6.45) is 7.33. The normalized spacial score (nSPS) is 15.1. The molecule has 1 saturated heterocycles. The number of hydrogen-bond donors (Lipinski definition) is 5. The fraction of sp³-hybridized carbons (Fsp3) is 0.300. The average Bonchev–Trinajstić information content (AvgIpc) is 3.49. The number of nitrogens with one attached hydrogen (secondary N) is 3. The SMILES string of the molecule is O=C1NCCc2cc(Nc3ncc(-c4cnn(C5CCN(C(=O)O)CC5)c4)c(NCCc4ccccc4O)n3)ccc21. The molecule has 2 aliphatic heterocycles. The second-order valence-corrected chi connectivity index (χ2v) is 10.5. The summed E-state index contributed by atoms with van der Waals surface area (Å²) >= 11 is 0. The fourth-order valence-electron chi connectivity index (χ4n) is 5.46. The van der Waals surface area contributed by atoms with E-state index in [4.69, 9.17) is 4.98 Å². The lowest BCUT2D eigenvalue weighted by molar-refractivity contribution is 0.0946. The molecule has 0 radical (unpaired) electrons. The first-order valence-corrected chi connectivity index (χ1v) is 14.0. The third-order valence-electron chi connectivity index (χ3n) is 7.77. The van der Waals surface area contributed by atoms with Crippen molar-refractivity contribution in [3.05, 3.63) is 77.7 Å². The Labute approximate surface area is 242 Å². The maximum Gasteiger partial charge on any atom is 0.407 e. The van der Waals surface area contributed by atoms with E-state index < -0.39 is 6.09 Å². The highest BCUT2D eigenvalue weighted by Gasteiger charge is 2.24. The van der Waals surface area contributed by atoms with Crippen LogP contribution in [0.5, 0.6) is 5.75 Å². The minimum atomic E-state index is -0.888. The zero-order chi connectivity index (χ0) is 29.1. The molecule has 2 aliphatic rings. The first kappa shape index (κ1) is 27.1. The average molecular weight is 569 g/mol. The number of amides is 2. The largest absolute Gasteiger partial charge is 0.508 e. The van der Waals surface area contributed by atoms with E-state index in [2.05, 4.69) is 26.0 Å². The van der Waals surface area contributed by atoms with Gasteiger partial charge in [0.25, 0.3) is 5.91 Å². The van der Waals surface area contributed by atoms with Gasteiger partial charge >= 0.3 is 6.09 Å². The Kier molecular flexibility index (Phi) is 7.58. The quantitative estimate of drug-likeness (QED) is 0.212. The monoisotopic (exact) mass is 568 g/mol. The molecule has 42 heavy (non-hydrogen) atoms. The van der Waals surface area contributed by atoms with Crippen molar-refractivity contribution in [2.45, 2.75) is 31.7 Å². The zero-order valence-corrected chi connectivity index (χ0v) is 23.0. The Morgan fingerprint density at radius 3 is 2.74 bits per heavy atom. The van der Waals surface area contributed by atoms with E-state index in [1.54, 1.807) is 30.6 Å². The second-order valence-electron chi connectivity index (χ2n) is 10.5. The molecule has 1 fully saturated rings. The molecule has 5 N–H and O–H groups in total. The minimum Gasteiger partial charge on any atom is -0.508 e. The molecule has 0 atom stereocenters. The summed E-state index contributed by atoms with van der Waals surface area (Å²) in [5.41, 5.74) is 4.89. The van der Waals surface area contributed by atoms with Crippen LogP contribution in [0.4, 0.5) is 22.2 Å². The van der Waals surface area contributed by atoms with E-state index in [-0.39, 0.29) is 17.7 Å². The first-order chi connectivity index (χ1) is 20.4. The number of aromatic nitrogens is 4. The summed E-state index contributed by atoms with van der Waals surface area (Å²) in [5.74, 6) is 1.20. The number of aromatic hydroxyl groups is 1. The van der Waals surface area contributed by atoms with Gasteiger partial charge in [-0.15, -0.1) is 0 Å². The molecule has 0 bridgehead atoms. The fourth-order valence-corrected chi connectivity index (χ4v) is 5.46. The number of piperidine rings is 1. The van der Waals surface area contributed by atoms with E-state index in [0.717, 1.165) is 34.4 Å². The molecule has 0 aliphatic carbocycles. The molecular weight excluding hydrogens is 536 g/mol. The van der Waals surface area contributed by atoms with Crippen LogP contribution in [0.25, 0.3) is 11.1 Å². The van der Waals surface area contributed by atoms with Crippen LogP contribution >= 0.6 is 0 Å². The van der Waals surface area contributed by atoms with Crippen molar-refractivity contribution in [3.63, 3.8) is 0 Å². The van der Waals surface area contributed by atoms with Crippen molar-refractivity contribution in [1.29, 1.82) is 0 Å². The molecule has 12 nitrogen and oxygen atoms in total. The second kappa shape index (κ2) is 11.8. The number of fused-ring (bicyclic) bond motifs is 1. The molecular formula is C30H32N8O4. The van der Waals surface area contributed by atoms with Crippen LogP contribution < -0.4 is 16.0 Å². The van der Waals surface area contributed by atoms with Crippen molar-refractivity contribution in [1.82, 2.24) is 30.0 Å². The Bertz CT molecular complexity index is 1610. The minimum absolute atomic E-state index is 0.0627. The predicted molar refractivity (Wildman–Crippen MR) is 157 cm³/mol. The Hall–Kier alpha value is -5.13. The number of rotatable bonds is 8. The van der Waals surface area contributed by atoms with Crippen LogP contribution in [0, 0.1) is 0 Å². The third kappa shape index (κ3) is 5.82. The van der Waals surface area contributed by atoms with Gasteiger partial charge in [-0.25, -0.2) is 9.78 Å². The lowest BCUT2D eigenvalue weighted by atomic mass is 10.00. The van der Waals surface area contributed by atoms with Crippen molar-refractivity contribution in [2.24, 2.45) is 0 Å². The summed E-state index contributed by atoms with van der Waals surface area (Å²) in [4.78, 5) is 34.2. The number of phenols is 1. The summed E-state index contributed by atoms with van der Waals surface area (Å²) in [7, 11) is 0. The Balaban J connectivity index is 1.24. The maximum absolute atomic E-state index is 12.1. The van der Waals surface area contributed by atoms with E-state index in [9.17, 15) is 19.8 Å². The number of phenolic OH excluding ortho intramolecular Hbond substituents is 1. The number of likely N-dealkylation sites (tertiary alicyclic amines) is 1. The van der Waals surface area contributed by atoms with Crippen molar-refractivity contribution in [3.8, 4) is 16.9 Å². The molecule has 0 saturated carbocycles. The number of hydrogen-bond acceptors (Lipinski definition) is 8. The van der Waals surface area contributed by atoms with E-state index in [1.165, 1.54) is 4.90 Å². The van der Waals surface area contributed by atoms with Gasteiger partial charge in [-0.1, -0.05) is 18.2 Å². The number of anilines is 3. The van der Waals surface area contributed by atoms with Crippen molar-refractivity contribution < 1.29 is 19.8 Å². The molecule has 6 rings (SSSR count). The molecule has 2 amide bonds. The lowest BCUT2D eigenvalue weighted by Crippen LogP contribution is -2.38. The summed E-state index contributed by atoms with van der Waals surface area (Å²) in [6.45, 7) is 2.09. The highest BCUT2D eigenvalue weighted by Crippen LogP contribution is 2.30. The molecule has 0 spiro atoms. The van der Waals surface area contributed by atoms with Gasteiger partial charge in [0.1, 0.15) is 11.6 Å². The lowest BCUT2D eigenvalue weighted by Gasteiger charge is -2.30. The highest BCUT2D eigenvalue weighted by molar-refractivity contribution is 5.97. The molecule has 216 valence electrons. The molecule has 0 unspecified atom stereocenters. The standard InChI is InChI=1S/C30H32N8O4/c39-26-4-2-1-3-19(26)7-11-31-27-25(21-16-34-38(18-21)23-9-13-37(14-10-23)30(41)42)17-33-29(36-27)35-22-5-6-24-20(15-22)8-12-32-28(24)40/h1-6,15-18,23,39H,7-14H2,(H,32,40)(H,41,42)(H2,31,33,35,36). The van der Waals surface area contributed by atoms with Gasteiger partial charge in [0.05, 0.1) is 12.2 Å². The molecule has 2 aromatic carbocycles. The van der Waals surface area contributed by atoms with Gasteiger partial charge < -0.3 is 31.1 Å². The smallest absolute Gasteiger partial charge is 0.407 e. The topological polar surface area (TPSA) is 158 Å². The molecule has 4 heterocycles. The highest BCUT2D eigenvalue weighted by atomic mass is 16.4. The number of nitrogens with zero attached hydrogens (tertiary/aromatic N) is 5. The van der Waals surface area contributed by atoms with Gasteiger partial charge in [-0.2, -0.15) is 10.1 Å². The summed E-state index contributed by atoms with van der Waals surface area (Å²) < 4.78 is 1.90. The molecule has 2 aromatic heterocycles. The predicted octanol–water partition coefficient (Wildman–Crippen LogP) is 4.04. The third-order valence-corrected chi connectivity index (χ3v) is 7.77. The van der Waals surface area contributed by atoms with E-state index in [0.29, 0.717) is 62.8 Å².